The molecule has 0 aliphatic heterocycles. The highest BCUT2D eigenvalue weighted by Crippen LogP contribution is 2.27. The fourth-order valence-corrected chi connectivity index (χ4v) is 2.19. The minimum Gasteiger partial charge on any atom is -0.398 e. The molecule has 1 aromatic carbocycles. The van der Waals surface area contributed by atoms with Crippen LogP contribution in [-0.4, -0.2) is 24.2 Å². The van der Waals surface area contributed by atoms with E-state index >= 15 is 0 Å². The fourth-order valence-electron chi connectivity index (χ4n) is 1.15. The molecule has 0 aliphatic rings. The number of carbonyl (C=O) groups is 2. The van der Waals surface area contributed by atoms with Crippen LogP contribution in [0.3, 0.4) is 0 Å². The third-order valence-corrected chi connectivity index (χ3v) is 3.30. The average Bonchev–Trinajstić information content (AvgIpc) is 2.37. The summed E-state index contributed by atoms with van der Waals surface area (Å²) >= 11 is 7.04. The molecule has 0 spiro atoms. The number of hydrogen-bond donors (Lipinski definition) is 3. The Hall–Kier alpha value is -1.66. The van der Waals surface area contributed by atoms with Crippen molar-refractivity contribution in [2.24, 2.45) is 0 Å². The molecular weight excluding hydrogens is 286 g/mol. The molecule has 19 heavy (non-hydrogen) atoms. The number of nitrogen functional groups attached to an aromatic ring is 1. The number of imide groups is 1. The van der Waals surface area contributed by atoms with Crippen LogP contribution in [0.15, 0.2) is 35.7 Å². The van der Waals surface area contributed by atoms with E-state index in [4.69, 9.17) is 17.3 Å². The molecule has 0 saturated carbocycles. The third kappa shape index (κ3) is 5.67. The van der Waals surface area contributed by atoms with E-state index in [0.717, 1.165) is 0 Å². The van der Waals surface area contributed by atoms with E-state index in [9.17, 15) is 9.59 Å². The summed E-state index contributed by atoms with van der Waals surface area (Å²) in [5.41, 5.74) is 6.28. The Labute approximate surface area is 120 Å². The van der Waals surface area contributed by atoms with Crippen molar-refractivity contribution in [3.8, 4) is 0 Å². The quantitative estimate of drug-likeness (QED) is 0.441. The Morgan fingerprint density at radius 3 is 2.89 bits per heavy atom. The van der Waals surface area contributed by atoms with Crippen molar-refractivity contribution < 1.29 is 9.59 Å². The molecular formula is C12H14ClN3O2S. The number of benzene rings is 1. The summed E-state index contributed by atoms with van der Waals surface area (Å²) in [6.07, 6.45) is 1.52. The minimum absolute atomic E-state index is 0.0754. The maximum Gasteiger partial charge on any atom is 0.321 e. The lowest BCUT2D eigenvalue weighted by molar-refractivity contribution is -0.117. The molecule has 102 valence electrons. The number of anilines is 1. The molecule has 5 nitrogen and oxygen atoms in total. The predicted molar refractivity (Wildman–Crippen MR) is 78.3 cm³/mol. The van der Waals surface area contributed by atoms with Gasteiger partial charge >= 0.3 is 6.03 Å². The largest absolute Gasteiger partial charge is 0.398 e. The standard InChI is InChI=1S/C12H14ClN3O2S/c1-2-5-15-12(18)16-11(17)7-19-10-6-8(13)3-4-9(10)14/h2-4,6H,1,5,7,14H2,(H2,15,16,17,18). The number of nitrogens with one attached hydrogen (secondary N) is 2. The number of amides is 3. The van der Waals surface area contributed by atoms with Gasteiger partial charge in [-0.15, -0.1) is 18.3 Å². The van der Waals surface area contributed by atoms with Gasteiger partial charge in [-0.2, -0.15) is 0 Å². The molecule has 0 aliphatic carbocycles. The summed E-state index contributed by atoms with van der Waals surface area (Å²) in [6, 6.07) is 4.46. The molecule has 0 saturated heterocycles. The van der Waals surface area contributed by atoms with E-state index in [-0.39, 0.29) is 5.75 Å². The van der Waals surface area contributed by atoms with Gasteiger partial charge in [-0.1, -0.05) is 17.7 Å². The van der Waals surface area contributed by atoms with Gasteiger partial charge in [0.2, 0.25) is 5.91 Å². The summed E-state index contributed by atoms with van der Waals surface area (Å²) in [5.74, 6) is -0.336. The van der Waals surface area contributed by atoms with Crippen molar-refractivity contribution in [1.82, 2.24) is 10.6 Å². The monoisotopic (exact) mass is 299 g/mol. The smallest absolute Gasteiger partial charge is 0.321 e. The van der Waals surface area contributed by atoms with Gasteiger partial charge in [-0.05, 0) is 18.2 Å². The first-order valence-corrected chi connectivity index (χ1v) is 6.75. The van der Waals surface area contributed by atoms with E-state index in [1.165, 1.54) is 17.8 Å². The SMILES string of the molecule is C=CCNC(=O)NC(=O)CSc1cc(Cl)ccc1N. The third-order valence-electron chi connectivity index (χ3n) is 1.99. The summed E-state index contributed by atoms with van der Waals surface area (Å²) in [5, 5.41) is 5.17. The lowest BCUT2D eigenvalue weighted by atomic mass is 10.3. The van der Waals surface area contributed by atoms with Gasteiger partial charge in [-0.25, -0.2) is 4.79 Å². The predicted octanol–water partition coefficient (Wildman–Crippen LogP) is 2.03. The lowest BCUT2D eigenvalue weighted by Gasteiger charge is -2.07. The van der Waals surface area contributed by atoms with E-state index in [2.05, 4.69) is 17.2 Å². The zero-order valence-electron chi connectivity index (χ0n) is 10.1. The molecule has 0 fully saturated rings. The molecule has 0 radical (unpaired) electrons. The number of halogens is 1. The van der Waals surface area contributed by atoms with Crippen LogP contribution in [0.1, 0.15) is 0 Å². The number of hydrogen-bond acceptors (Lipinski definition) is 4. The van der Waals surface area contributed by atoms with Crippen LogP contribution in [0, 0.1) is 0 Å². The Morgan fingerprint density at radius 2 is 2.21 bits per heavy atom. The number of nitrogens with two attached hydrogens (primary N) is 1. The van der Waals surface area contributed by atoms with E-state index in [1.54, 1.807) is 18.2 Å². The normalized spacial score (nSPS) is 9.74. The van der Waals surface area contributed by atoms with Crippen molar-refractivity contribution in [2.45, 2.75) is 4.90 Å². The molecule has 0 aromatic heterocycles. The van der Waals surface area contributed by atoms with Gasteiger partial charge in [-0.3, -0.25) is 10.1 Å². The first kappa shape index (κ1) is 15.4. The first-order chi connectivity index (χ1) is 9.02. The molecule has 7 heteroatoms. The average molecular weight is 300 g/mol. The van der Waals surface area contributed by atoms with Crippen LogP contribution in [0.25, 0.3) is 0 Å². The highest BCUT2D eigenvalue weighted by molar-refractivity contribution is 8.00. The highest BCUT2D eigenvalue weighted by atomic mass is 35.5. The molecule has 1 aromatic rings. The maximum atomic E-state index is 11.5. The zero-order valence-corrected chi connectivity index (χ0v) is 11.7. The molecule has 1 rings (SSSR count). The molecule has 0 heterocycles. The Morgan fingerprint density at radius 1 is 1.47 bits per heavy atom. The van der Waals surface area contributed by atoms with E-state index in [0.29, 0.717) is 22.2 Å². The molecule has 4 N–H and O–H groups in total. The number of carbonyl (C=O) groups excluding carboxylic acids is 2. The summed E-state index contributed by atoms with van der Waals surface area (Å²) in [4.78, 5) is 23.4. The second kappa shape index (κ2) is 7.70. The Kier molecular flexibility index (Phi) is 6.24. The molecule has 3 amide bonds. The van der Waals surface area contributed by atoms with Gasteiger partial charge < -0.3 is 11.1 Å². The van der Waals surface area contributed by atoms with Crippen molar-refractivity contribution in [3.05, 3.63) is 35.9 Å². The Balaban J connectivity index is 2.43. The summed E-state index contributed by atoms with van der Waals surface area (Å²) < 4.78 is 0. The first-order valence-electron chi connectivity index (χ1n) is 5.39. The van der Waals surface area contributed by atoms with Crippen molar-refractivity contribution in [2.75, 3.05) is 18.0 Å². The fraction of sp³-hybridized carbons (Fsp3) is 0.167. The van der Waals surface area contributed by atoms with Crippen molar-refractivity contribution >= 4 is 41.0 Å². The van der Waals surface area contributed by atoms with Crippen LogP contribution in [-0.2, 0) is 4.79 Å². The second-order valence-corrected chi connectivity index (χ2v) is 4.97. The van der Waals surface area contributed by atoms with Gasteiger partial charge in [0.25, 0.3) is 0 Å². The van der Waals surface area contributed by atoms with Crippen LogP contribution in [0.2, 0.25) is 5.02 Å². The van der Waals surface area contributed by atoms with Crippen LogP contribution < -0.4 is 16.4 Å². The van der Waals surface area contributed by atoms with E-state index in [1.807, 2.05) is 0 Å². The highest BCUT2D eigenvalue weighted by Gasteiger charge is 2.09. The summed E-state index contributed by atoms with van der Waals surface area (Å²) in [7, 11) is 0. The molecule has 0 bridgehead atoms. The van der Waals surface area contributed by atoms with Gasteiger partial charge in [0.15, 0.2) is 0 Å². The van der Waals surface area contributed by atoms with Gasteiger partial charge in [0, 0.05) is 22.2 Å². The van der Waals surface area contributed by atoms with Gasteiger partial charge in [0.05, 0.1) is 5.75 Å². The van der Waals surface area contributed by atoms with Crippen molar-refractivity contribution in [3.63, 3.8) is 0 Å². The topological polar surface area (TPSA) is 84.2 Å². The molecule has 0 atom stereocenters. The van der Waals surface area contributed by atoms with Crippen LogP contribution >= 0.6 is 23.4 Å². The number of rotatable bonds is 5. The second-order valence-electron chi connectivity index (χ2n) is 3.52. The Bertz CT molecular complexity index is 494. The maximum absolute atomic E-state index is 11.5. The zero-order chi connectivity index (χ0) is 14.3. The van der Waals surface area contributed by atoms with E-state index < -0.39 is 11.9 Å². The lowest BCUT2D eigenvalue weighted by Crippen LogP contribution is -2.40. The van der Waals surface area contributed by atoms with Crippen molar-refractivity contribution in [1.29, 1.82) is 0 Å². The number of urea groups is 1. The minimum atomic E-state index is -0.551. The van der Waals surface area contributed by atoms with Gasteiger partial charge in [0.1, 0.15) is 0 Å². The molecule has 0 unspecified atom stereocenters. The number of thioether (sulfide) groups is 1. The van der Waals surface area contributed by atoms with Crippen LogP contribution in [0.5, 0.6) is 0 Å². The summed E-state index contributed by atoms with van der Waals surface area (Å²) in [6.45, 7) is 3.75. The van der Waals surface area contributed by atoms with Crippen LogP contribution in [0.4, 0.5) is 10.5 Å².